The summed E-state index contributed by atoms with van der Waals surface area (Å²) in [5.41, 5.74) is 0. The zero-order valence-corrected chi connectivity index (χ0v) is 8.69. The van der Waals surface area contributed by atoms with Crippen molar-refractivity contribution in [2.45, 2.75) is 12.2 Å². The molecule has 6 heteroatoms. The molecule has 0 aromatic carbocycles. The van der Waals surface area contributed by atoms with Gasteiger partial charge in [-0.05, 0) is 14.1 Å². The summed E-state index contributed by atoms with van der Waals surface area (Å²) in [7, 11) is 4.66. The number of likely N-dealkylation sites (N-methyl/N-ethyl adjacent to an activating group) is 2. The van der Waals surface area contributed by atoms with Crippen LogP contribution in [-0.4, -0.2) is 58.0 Å². The Kier molecular flexibility index (Phi) is 6.06. The molecule has 0 saturated carbocycles. The highest BCUT2D eigenvalue weighted by Crippen LogP contribution is 2.15. The molecule has 0 saturated heterocycles. The number of nitrogens with one attached hydrogen (secondary N) is 1. The monoisotopic (exact) mass is 214 g/mol. The van der Waals surface area contributed by atoms with Gasteiger partial charge in [0.2, 0.25) is 0 Å². The van der Waals surface area contributed by atoms with Crippen LogP contribution >= 0.6 is 0 Å². The lowest BCUT2D eigenvalue weighted by molar-refractivity contribution is -0.143. The van der Waals surface area contributed by atoms with Gasteiger partial charge in [0.1, 0.15) is 0 Å². The van der Waals surface area contributed by atoms with Crippen molar-refractivity contribution < 1.29 is 17.9 Å². The van der Waals surface area contributed by atoms with E-state index < -0.39 is 12.7 Å². The van der Waals surface area contributed by atoms with Gasteiger partial charge in [0.15, 0.2) is 0 Å². The third-order valence-electron chi connectivity index (χ3n) is 1.76. The van der Waals surface area contributed by atoms with Crippen molar-refractivity contribution in [2.75, 3.05) is 40.9 Å². The number of halogens is 3. The molecule has 0 heterocycles. The number of hydrogen-bond acceptors (Lipinski definition) is 3. The van der Waals surface area contributed by atoms with E-state index in [0.717, 1.165) is 0 Å². The second-order valence-electron chi connectivity index (χ2n) is 3.25. The maximum atomic E-state index is 12.0. The highest BCUT2D eigenvalue weighted by molar-refractivity contribution is 4.69. The third-order valence-corrected chi connectivity index (χ3v) is 1.76. The Morgan fingerprint density at radius 3 is 2.36 bits per heavy atom. The van der Waals surface area contributed by atoms with Crippen molar-refractivity contribution in [3.8, 4) is 0 Å². The zero-order valence-electron chi connectivity index (χ0n) is 8.69. The van der Waals surface area contributed by atoms with E-state index in [1.807, 2.05) is 0 Å². The molecule has 3 nitrogen and oxygen atoms in total. The fourth-order valence-corrected chi connectivity index (χ4v) is 1.18. The fraction of sp³-hybridized carbons (Fsp3) is 1.00. The quantitative estimate of drug-likeness (QED) is 0.705. The molecule has 0 radical (unpaired) electrons. The number of rotatable bonds is 6. The number of ether oxygens (including phenoxy) is 1. The summed E-state index contributed by atoms with van der Waals surface area (Å²) in [4.78, 5) is 1.22. The van der Waals surface area contributed by atoms with Crippen LogP contribution in [0.1, 0.15) is 0 Å². The first-order valence-corrected chi connectivity index (χ1v) is 4.30. The maximum absolute atomic E-state index is 12.0. The molecular weight excluding hydrogens is 197 g/mol. The van der Waals surface area contributed by atoms with E-state index in [0.29, 0.717) is 13.2 Å². The Morgan fingerprint density at radius 1 is 1.43 bits per heavy atom. The van der Waals surface area contributed by atoms with Crippen LogP contribution in [0.3, 0.4) is 0 Å². The first-order chi connectivity index (χ1) is 6.39. The van der Waals surface area contributed by atoms with Crippen LogP contribution in [0.5, 0.6) is 0 Å². The molecule has 86 valence electrons. The number of nitrogens with zero attached hydrogens (tertiary/aromatic N) is 1. The smallest absolute Gasteiger partial charge is 0.383 e. The molecule has 0 aromatic heterocycles. The van der Waals surface area contributed by atoms with Gasteiger partial charge in [-0.25, -0.2) is 0 Å². The van der Waals surface area contributed by atoms with E-state index in [9.17, 15) is 13.2 Å². The Bertz CT molecular complexity index is 152. The van der Waals surface area contributed by atoms with E-state index in [4.69, 9.17) is 4.74 Å². The minimum Gasteiger partial charge on any atom is -0.383 e. The van der Waals surface area contributed by atoms with Gasteiger partial charge < -0.3 is 10.1 Å². The van der Waals surface area contributed by atoms with Crippen molar-refractivity contribution in [3.63, 3.8) is 0 Å². The van der Waals surface area contributed by atoms with Crippen LogP contribution in [0.25, 0.3) is 0 Å². The molecule has 0 aliphatic carbocycles. The molecule has 0 amide bonds. The number of alkyl halides is 3. The molecule has 0 aliphatic rings. The first-order valence-electron chi connectivity index (χ1n) is 4.30. The molecule has 14 heavy (non-hydrogen) atoms. The van der Waals surface area contributed by atoms with Gasteiger partial charge in [-0.2, -0.15) is 13.2 Å². The van der Waals surface area contributed by atoms with Crippen LogP contribution in [0, 0.1) is 0 Å². The molecule has 1 atom stereocenters. The molecular formula is C8H17F3N2O. The Morgan fingerprint density at radius 2 is 2.00 bits per heavy atom. The van der Waals surface area contributed by atoms with Gasteiger partial charge >= 0.3 is 6.18 Å². The summed E-state index contributed by atoms with van der Waals surface area (Å²) >= 11 is 0. The average Bonchev–Trinajstić information content (AvgIpc) is 2.00. The van der Waals surface area contributed by atoms with E-state index in [1.165, 1.54) is 19.1 Å². The van der Waals surface area contributed by atoms with Crippen LogP contribution < -0.4 is 5.32 Å². The lowest BCUT2D eigenvalue weighted by atomic mass is 10.3. The van der Waals surface area contributed by atoms with E-state index in [2.05, 4.69) is 5.32 Å². The molecule has 0 bridgehead atoms. The van der Waals surface area contributed by atoms with Crippen LogP contribution in [-0.2, 0) is 4.74 Å². The predicted molar refractivity (Wildman–Crippen MR) is 48.3 cm³/mol. The maximum Gasteiger partial charge on any atom is 0.401 e. The average molecular weight is 214 g/mol. The van der Waals surface area contributed by atoms with Crippen LogP contribution in [0.15, 0.2) is 0 Å². The highest BCUT2D eigenvalue weighted by atomic mass is 19.4. The van der Waals surface area contributed by atoms with Gasteiger partial charge in [0.25, 0.3) is 0 Å². The topological polar surface area (TPSA) is 24.5 Å². The number of hydrogen-bond donors (Lipinski definition) is 1. The van der Waals surface area contributed by atoms with Crippen molar-refractivity contribution >= 4 is 0 Å². The summed E-state index contributed by atoms with van der Waals surface area (Å²) < 4.78 is 40.7. The summed E-state index contributed by atoms with van der Waals surface area (Å²) in [6.45, 7) is -0.183. The molecule has 0 aliphatic heterocycles. The Labute approximate surface area is 82.2 Å². The van der Waals surface area contributed by atoms with Gasteiger partial charge in [-0.1, -0.05) is 0 Å². The van der Waals surface area contributed by atoms with Gasteiger partial charge in [-0.3, -0.25) is 4.90 Å². The lowest BCUT2D eigenvalue weighted by Crippen LogP contribution is -2.43. The zero-order chi connectivity index (χ0) is 11.2. The van der Waals surface area contributed by atoms with Crippen molar-refractivity contribution in [3.05, 3.63) is 0 Å². The Balaban J connectivity index is 3.84. The van der Waals surface area contributed by atoms with Gasteiger partial charge in [0.05, 0.1) is 13.2 Å². The lowest BCUT2D eigenvalue weighted by Gasteiger charge is -2.23. The van der Waals surface area contributed by atoms with Crippen LogP contribution in [0.4, 0.5) is 13.2 Å². The molecule has 0 rings (SSSR count). The SMILES string of the molecule is CNC(COC)CN(C)CC(F)(F)F. The molecule has 0 spiro atoms. The van der Waals surface area contributed by atoms with Crippen LogP contribution in [0.2, 0.25) is 0 Å². The second-order valence-corrected chi connectivity index (χ2v) is 3.25. The van der Waals surface area contributed by atoms with E-state index in [1.54, 1.807) is 7.05 Å². The van der Waals surface area contributed by atoms with Crippen molar-refractivity contribution in [2.24, 2.45) is 0 Å². The minimum atomic E-state index is -4.14. The summed E-state index contributed by atoms with van der Waals surface area (Å²) in [5.74, 6) is 0. The Hall–Kier alpha value is -0.330. The normalized spacial score (nSPS) is 14.8. The fourth-order valence-electron chi connectivity index (χ4n) is 1.18. The molecule has 0 fully saturated rings. The predicted octanol–water partition coefficient (Wildman–Crippen LogP) is 0.715. The van der Waals surface area contributed by atoms with E-state index in [-0.39, 0.29) is 6.04 Å². The van der Waals surface area contributed by atoms with Crippen molar-refractivity contribution in [1.29, 1.82) is 0 Å². The summed E-state index contributed by atoms with van der Waals surface area (Å²) in [5, 5.41) is 2.89. The largest absolute Gasteiger partial charge is 0.401 e. The van der Waals surface area contributed by atoms with Gasteiger partial charge in [-0.15, -0.1) is 0 Å². The highest BCUT2D eigenvalue weighted by Gasteiger charge is 2.29. The van der Waals surface area contributed by atoms with Gasteiger partial charge in [0, 0.05) is 19.7 Å². The summed E-state index contributed by atoms with van der Waals surface area (Å²) in [6, 6.07) is -0.0765. The molecule has 1 N–H and O–H groups in total. The molecule has 1 unspecified atom stereocenters. The standard InChI is InChI=1S/C8H17F3N2O/c1-12-7(5-14-3)4-13(2)6-8(9,10)11/h7,12H,4-6H2,1-3H3. The second kappa shape index (κ2) is 6.21. The molecule has 0 aromatic rings. The minimum absolute atomic E-state index is 0.0765. The first kappa shape index (κ1) is 13.7. The van der Waals surface area contributed by atoms with Crippen molar-refractivity contribution in [1.82, 2.24) is 10.2 Å². The summed E-state index contributed by atoms with van der Waals surface area (Å²) in [6.07, 6.45) is -4.14. The number of methoxy groups -OCH3 is 1. The third kappa shape index (κ3) is 7.11. The van der Waals surface area contributed by atoms with E-state index >= 15 is 0 Å².